The van der Waals surface area contributed by atoms with Crippen LogP contribution in [0.1, 0.15) is 16.7 Å². The van der Waals surface area contributed by atoms with Gasteiger partial charge >= 0.3 is 5.97 Å². The van der Waals surface area contributed by atoms with Gasteiger partial charge in [0.2, 0.25) is 11.5 Å². The number of benzene rings is 3. The number of esters is 1. The largest absolute Gasteiger partial charge is 0.493 e. The molecule has 0 aliphatic carbocycles. The van der Waals surface area contributed by atoms with Crippen LogP contribution in [0.15, 0.2) is 60.2 Å². The molecule has 1 aliphatic heterocycles. The molecular weight excluding hydrogens is 488 g/mol. The van der Waals surface area contributed by atoms with Crippen LogP contribution in [-0.2, 0) is 22.6 Å². The second kappa shape index (κ2) is 12.3. The van der Waals surface area contributed by atoms with E-state index in [4.69, 9.17) is 33.2 Å². The first-order valence-electron chi connectivity index (χ1n) is 12.1. The highest BCUT2D eigenvalue weighted by molar-refractivity contribution is 5.96. The monoisotopic (exact) mass is 520 g/mol. The Bertz CT molecular complexity index is 1250. The summed E-state index contributed by atoms with van der Waals surface area (Å²) in [6.45, 7) is 0.630. The van der Waals surface area contributed by atoms with Crippen molar-refractivity contribution in [1.29, 1.82) is 0 Å². The van der Waals surface area contributed by atoms with E-state index >= 15 is 0 Å². The number of ether oxygens (including phenoxy) is 7. The summed E-state index contributed by atoms with van der Waals surface area (Å²) < 4.78 is 39.1. The predicted molar refractivity (Wildman–Crippen MR) is 143 cm³/mol. The summed E-state index contributed by atoms with van der Waals surface area (Å²) in [5.74, 6) is 2.59. The van der Waals surface area contributed by atoms with Gasteiger partial charge in [-0.25, -0.2) is 4.79 Å². The Kier molecular flexibility index (Phi) is 8.63. The number of cyclic esters (lactones) is 1. The van der Waals surface area contributed by atoms with Crippen LogP contribution in [0.5, 0.6) is 34.5 Å². The van der Waals surface area contributed by atoms with E-state index in [9.17, 15) is 4.79 Å². The predicted octanol–water partition coefficient (Wildman–Crippen LogP) is 5.11. The molecule has 3 aromatic carbocycles. The minimum absolute atomic E-state index is 0.170. The molecule has 0 spiro atoms. The molecule has 1 aliphatic rings. The van der Waals surface area contributed by atoms with Crippen LogP contribution >= 0.6 is 0 Å². The molecule has 200 valence electrons. The molecule has 8 heteroatoms. The van der Waals surface area contributed by atoms with Crippen molar-refractivity contribution in [3.8, 4) is 34.5 Å². The molecule has 4 rings (SSSR count). The number of carbonyl (C=O) groups is 1. The maximum absolute atomic E-state index is 12.7. The van der Waals surface area contributed by atoms with Crippen LogP contribution in [0.3, 0.4) is 0 Å². The third kappa shape index (κ3) is 5.80. The highest BCUT2D eigenvalue weighted by Crippen LogP contribution is 2.42. The lowest BCUT2D eigenvalue weighted by molar-refractivity contribution is -0.135. The Morgan fingerprint density at radius 2 is 1.34 bits per heavy atom. The highest BCUT2D eigenvalue weighted by atomic mass is 16.5. The molecule has 0 N–H and O–H groups in total. The van der Waals surface area contributed by atoms with Gasteiger partial charge in [-0.15, -0.1) is 0 Å². The van der Waals surface area contributed by atoms with E-state index in [0.29, 0.717) is 53.1 Å². The lowest BCUT2D eigenvalue weighted by atomic mass is 9.92. The molecule has 0 amide bonds. The fourth-order valence-electron chi connectivity index (χ4n) is 4.43. The quantitative estimate of drug-likeness (QED) is 0.255. The lowest BCUT2D eigenvalue weighted by Crippen LogP contribution is -2.08. The van der Waals surface area contributed by atoms with E-state index in [1.807, 2.05) is 60.7 Å². The van der Waals surface area contributed by atoms with Gasteiger partial charge in [-0.2, -0.15) is 0 Å². The first kappa shape index (κ1) is 26.7. The zero-order valence-electron chi connectivity index (χ0n) is 22.2. The lowest BCUT2D eigenvalue weighted by Gasteiger charge is -2.17. The zero-order chi connectivity index (χ0) is 27.1. The van der Waals surface area contributed by atoms with E-state index < -0.39 is 0 Å². The van der Waals surface area contributed by atoms with E-state index in [0.717, 1.165) is 16.7 Å². The molecule has 1 heterocycles. The third-order valence-electron chi connectivity index (χ3n) is 6.33. The summed E-state index contributed by atoms with van der Waals surface area (Å²) in [6.07, 6.45) is 2.35. The van der Waals surface area contributed by atoms with Crippen LogP contribution in [0.2, 0.25) is 0 Å². The SMILES string of the molecule is COc1cc(C[C@@H]2COC(=O)/C2=C/c2cc(OC)c(OCc3ccccc3)c(OC)c2)cc(OC)c1OC. The Labute approximate surface area is 222 Å². The Morgan fingerprint density at radius 1 is 0.763 bits per heavy atom. The normalized spacial score (nSPS) is 15.7. The Morgan fingerprint density at radius 3 is 1.89 bits per heavy atom. The average molecular weight is 521 g/mol. The number of rotatable bonds is 11. The Hall–Kier alpha value is -4.33. The van der Waals surface area contributed by atoms with Gasteiger partial charge in [-0.3, -0.25) is 0 Å². The average Bonchev–Trinajstić information content (AvgIpc) is 3.29. The molecule has 0 saturated carbocycles. The third-order valence-corrected chi connectivity index (χ3v) is 6.33. The molecule has 0 bridgehead atoms. The summed E-state index contributed by atoms with van der Waals surface area (Å²) >= 11 is 0. The fourth-order valence-corrected chi connectivity index (χ4v) is 4.43. The summed E-state index contributed by atoms with van der Waals surface area (Å²) in [5, 5.41) is 0. The smallest absolute Gasteiger partial charge is 0.334 e. The maximum Gasteiger partial charge on any atom is 0.334 e. The molecule has 0 aromatic heterocycles. The zero-order valence-corrected chi connectivity index (χ0v) is 22.2. The van der Waals surface area contributed by atoms with Gasteiger partial charge in [0.1, 0.15) is 6.61 Å². The van der Waals surface area contributed by atoms with Crippen LogP contribution in [0.25, 0.3) is 6.08 Å². The molecular formula is C30H32O8. The van der Waals surface area contributed by atoms with Gasteiger partial charge in [0, 0.05) is 11.5 Å². The minimum atomic E-state index is -0.357. The van der Waals surface area contributed by atoms with Crippen molar-refractivity contribution in [3.05, 3.63) is 76.9 Å². The number of carbonyl (C=O) groups excluding carboxylic acids is 1. The first-order chi connectivity index (χ1) is 18.5. The second-order valence-corrected chi connectivity index (χ2v) is 8.66. The summed E-state index contributed by atoms with van der Waals surface area (Å²) in [7, 11) is 7.84. The van der Waals surface area contributed by atoms with Crippen molar-refractivity contribution < 1.29 is 38.0 Å². The van der Waals surface area contributed by atoms with Gasteiger partial charge in [0.05, 0.1) is 42.2 Å². The van der Waals surface area contributed by atoms with Crippen LogP contribution in [0.4, 0.5) is 0 Å². The molecule has 3 aromatic rings. The first-order valence-corrected chi connectivity index (χ1v) is 12.1. The maximum atomic E-state index is 12.7. The summed E-state index contributed by atoms with van der Waals surface area (Å²) in [5.41, 5.74) is 3.23. The summed E-state index contributed by atoms with van der Waals surface area (Å²) in [4.78, 5) is 12.7. The summed E-state index contributed by atoms with van der Waals surface area (Å²) in [6, 6.07) is 17.2. The number of methoxy groups -OCH3 is 5. The van der Waals surface area contributed by atoms with Crippen LogP contribution in [-0.4, -0.2) is 48.1 Å². The molecule has 1 saturated heterocycles. The molecule has 0 radical (unpaired) electrons. The van der Waals surface area contributed by atoms with E-state index in [2.05, 4.69) is 0 Å². The van der Waals surface area contributed by atoms with Crippen LogP contribution in [0, 0.1) is 5.92 Å². The van der Waals surface area contributed by atoms with E-state index in [1.54, 1.807) is 35.5 Å². The standard InChI is InChI=1S/C30H32O8/c1-32-24-13-20(14-25(33-2)28(24)36-5)11-22-18-38-30(31)23(22)12-21-15-26(34-3)29(27(16-21)35-4)37-17-19-9-7-6-8-10-19/h6-10,12-16,22H,11,17-18H2,1-5H3/b23-12+/t22-/m1/s1. The van der Waals surface area contributed by atoms with Crippen molar-refractivity contribution in [2.24, 2.45) is 5.92 Å². The molecule has 1 fully saturated rings. The number of hydrogen-bond donors (Lipinski definition) is 0. The molecule has 1 atom stereocenters. The van der Waals surface area contributed by atoms with Gasteiger partial charge in [-0.1, -0.05) is 30.3 Å². The molecule has 0 unspecified atom stereocenters. The van der Waals surface area contributed by atoms with Crippen molar-refractivity contribution in [2.45, 2.75) is 13.0 Å². The highest BCUT2D eigenvalue weighted by Gasteiger charge is 2.31. The van der Waals surface area contributed by atoms with E-state index in [1.165, 1.54) is 0 Å². The van der Waals surface area contributed by atoms with Gasteiger partial charge in [-0.05, 0) is 53.5 Å². The second-order valence-electron chi connectivity index (χ2n) is 8.66. The topological polar surface area (TPSA) is 81.7 Å². The van der Waals surface area contributed by atoms with Gasteiger partial charge < -0.3 is 33.2 Å². The Balaban J connectivity index is 1.62. The fraction of sp³-hybridized carbons (Fsp3) is 0.300. The van der Waals surface area contributed by atoms with Crippen molar-refractivity contribution >= 4 is 12.0 Å². The van der Waals surface area contributed by atoms with Gasteiger partial charge in [0.15, 0.2) is 23.0 Å². The van der Waals surface area contributed by atoms with Crippen LogP contribution < -0.4 is 28.4 Å². The number of hydrogen-bond acceptors (Lipinski definition) is 8. The van der Waals surface area contributed by atoms with Crippen molar-refractivity contribution in [3.63, 3.8) is 0 Å². The molecule has 38 heavy (non-hydrogen) atoms. The molecule has 8 nitrogen and oxygen atoms in total. The minimum Gasteiger partial charge on any atom is -0.493 e. The van der Waals surface area contributed by atoms with Crippen molar-refractivity contribution in [1.82, 2.24) is 0 Å². The van der Waals surface area contributed by atoms with Crippen molar-refractivity contribution in [2.75, 3.05) is 42.2 Å². The van der Waals surface area contributed by atoms with E-state index in [-0.39, 0.29) is 18.5 Å². The van der Waals surface area contributed by atoms with Gasteiger partial charge in [0.25, 0.3) is 0 Å².